The van der Waals surface area contributed by atoms with E-state index < -0.39 is 11.8 Å². The molecule has 29 heavy (non-hydrogen) atoms. The number of hydrogen-bond donors (Lipinski definition) is 2. The van der Waals surface area contributed by atoms with E-state index in [0.717, 1.165) is 11.1 Å². The van der Waals surface area contributed by atoms with Crippen LogP contribution < -0.4 is 10.6 Å². The van der Waals surface area contributed by atoms with Gasteiger partial charge in [-0.15, -0.1) is 0 Å². The monoisotopic (exact) mass is 424 g/mol. The molecule has 0 unspecified atom stereocenters. The summed E-state index contributed by atoms with van der Waals surface area (Å²) in [7, 11) is 0. The van der Waals surface area contributed by atoms with Crippen molar-refractivity contribution >= 4 is 46.8 Å². The van der Waals surface area contributed by atoms with Crippen LogP contribution in [0.5, 0.6) is 0 Å². The van der Waals surface area contributed by atoms with Crippen LogP contribution in [-0.2, 0) is 4.79 Å². The summed E-state index contributed by atoms with van der Waals surface area (Å²) >= 11 is 12.0. The van der Waals surface area contributed by atoms with Gasteiger partial charge in [-0.3, -0.25) is 9.59 Å². The number of carbonyl (C=O) groups is 2. The second-order valence-corrected chi connectivity index (χ2v) is 7.21. The number of aryl methyl sites for hydroxylation is 1. The Balaban J connectivity index is 1.88. The number of anilines is 1. The van der Waals surface area contributed by atoms with Gasteiger partial charge >= 0.3 is 0 Å². The summed E-state index contributed by atoms with van der Waals surface area (Å²) in [5, 5.41) is 6.07. The van der Waals surface area contributed by atoms with Crippen molar-refractivity contribution in [3.05, 3.63) is 105 Å². The van der Waals surface area contributed by atoms with E-state index in [-0.39, 0.29) is 16.3 Å². The molecule has 2 amide bonds. The van der Waals surface area contributed by atoms with Crippen molar-refractivity contribution in [1.29, 1.82) is 0 Å². The number of amides is 2. The van der Waals surface area contributed by atoms with Crippen LogP contribution >= 0.6 is 23.2 Å². The van der Waals surface area contributed by atoms with E-state index in [9.17, 15) is 9.59 Å². The maximum Gasteiger partial charge on any atom is 0.272 e. The third kappa shape index (κ3) is 5.70. The van der Waals surface area contributed by atoms with Crippen LogP contribution in [0.1, 0.15) is 21.5 Å². The van der Waals surface area contributed by atoms with E-state index in [1.165, 1.54) is 12.1 Å². The number of benzene rings is 3. The Morgan fingerprint density at radius 2 is 1.59 bits per heavy atom. The lowest BCUT2D eigenvalue weighted by atomic mass is 10.1. The van der Waals surface area contributed by atoms with Gasteiger partial charge in [0.2, 0.25) is 0 Å². The molecule has 0 radical (unpaired) electrons. The van der Waals surface area contributed by atoms with Crippen LogP contribution in [0, 0.1) is 6.92 Å². The molecule has 0 spiro atoms. The van der Waals surface area contributed by atoms with Gasteiger partial charge in [-0.2, -0.15) is 0 Å². The predicted molar refractivity (Wildman–Crippen MR) is 118 cm³/mol. The molecule has 3 aromatic carbocycles. The van der Waals surface area contributed by atoms with Crippen LogP contribution in [0.4, 0.5) is 5.69 Å². The molecular weight excluding hydrogens is 407 g/mol. The zero-order chi connectivity index (χ0) is 20.8. The highest BCUT2D eigenvalue weighted by atomic mass is 35.5. The number of halogens is 2. The maximum atomic E-state index is 12.9. The van der Waals surface area contributed by atoms with E-state index in [0.29, 0.717) is 10.7 Å². The highest BCUT2D eigenvalue weighted by Gasteiger charge is 2.17. The Morgan fingerprint density at radius 3 is 2.24 bits per heavy atom. The highest BCUT2D eigenvalue weighted by Crippen LogP contribution is 2.21. The molecule has 0 saturated carbocycles. The molecule has 0 aliphatic heterocycles. The van der Waals surface area contributed by atoms with E-state index in [2.05, 4.69) is 10.6 Å². The first kappa shape index (κ1) is 20.6. The van der Waals surface area contributed by atoms with Crippen molar-refractivity contribution in [1.82, 2.24) is 5.32 Å². The maximum absolute atomic E-state index is 12.9. The van der Waals surface area contributed by atoms with Gasteiger partial charge in [-0.05, 0) is 48.9 Å². The summed E-state index contributed by atoms with van der Waals surface area (Å²) in [5.41, 5.74) is 2.78. The molecule has 146 valence electrons. The molecule has 0 aliphatic rings. The van der Waals surface area contributed by atoms with E-state index in [1.807, 2.05) is 49.4 Å². The molecule has 0 aromatic heterocycles. The molecule has 0 atom stereocenters. The Labute approximate surface area is 179 Å². The summed E-state index contributed by atoms with van der Waals surface area (Å²) in [4.78, 5) is 25.6. The third-order valence-electron chi connectivity index (χ3n) is 4.09. The Morgan fingerprint density at radius 1 is 0.897 bits per heavy atom. The van der Waals surface area contributed by atoms with E-state index in [4.69, 9.17) is 23.2 Å². The molecule has 2 N–H and O–H groups in total. The number of hydrogen-bond acceptors (Lipinski definition) is 2. The first-order chi connectivity index (χ1) is 13.9. The van der Waals surface area contributed by atoms with Gasteiger partial charge in [0, 0.05) is 10.7 Å². The Bertz CT molecular complexity index is 1060. The molecule has 0 fully saturated rings. The summed E-state index contributed by atoms with van der Waals surface area (Å²) in [6.07, 6.45) is 1.60. The van der Waals surface area contributed by atoms with Crippen LogP contribution in [0.15, 0.2) is 78.5 Å². The van der Waals surface area contributed by atoms with Crippen LogP contribution in [0.25, 0.3) is 6.08 Å². The lowest BCUT2D eigenvalue weighted by Crippen LogP contribution is -2.31. The summed E-state index contributed by atoms with van der Waals surface area (Å²) in [5.74, 6) is -0.955. The Hall–Kier alpha value is -3.08. The zero-order valence-electron chi connectivity index (χ0n) is 15.6. The summed E-state index contributed by atoms with van der Waals surface area (Å²) in [6, 6.07) is 21.2. The summed E-state index contributed by atoms with van der Waals surface area (Å²) < 4.78 is 0. The minimum Gasteiger partial charge on any atom is -0.321 e. The molecule has 0 saturated heterocycles. The second kappa shape index (κ2) is 9.41. The molecule has 0 heterocycles. The first-order valence-electron chi connectivity index (χ1n) is 8.83. The van der Waals surface area contributed by atoms with Crippen molar-refractivity contribution in [3.8, 4) is 0 Å². The standard InChI is InChI=1S/C23H18Cl2N2O2/c1-15-7-10-18(11-8-15)26-23(29)21(13-16-5-3-2-4-6-16)27-22(28)19-12-9-17(24)14-20(19)25/h2-14H,1H3,(H,26,29)(H,27,28)/b21-13+. The molecule has 3 rings (SSSR count). The molecule has 0 bridgehead atoms. The van der Waals surface area contributed by atoms with Crippen molar-refractivity contribution in [2.75, 3.05) is 5.32 Å². The molecule has 0 aliphatic carbocycles. The topological polar surface area (TPSA) is 58.2 Å². The number of carbonyl (C=O) groups excluding carboxylic acids is 2. The van der Waals surface area contributed by atoms with Gasteiger partial charge in [0.15, 0.2) is 0 Å². The van der Waals surface area contributed by atoms with Crippen molar-refractivity contribution in [3.63, 3.8) is 0 Å². The van der Waals surface area contributed by atoms with Crippen molar-refractivity contribution in [2.45, 2.75) is 6.92 Å². The Kier molecular flexibility index (Phi) is 6.70. The average molecular weight is 425 g/mol. The SMILES string of the molecule is Cc1ccc(NC(=O)/C(=C\c2ccccc2)NC(=O)c2ccc(Cl)cc2Cl)cc1. The fourth-order valence-corrected chi connectivity index (χ4v) is 3.07. The smallest absolute Gasteiger partial charge is 0.272 e. The lowest BCUT2D eigenvalue weighted by molar-refractivity contribution is -0.113. The zero-order valence-corrected chi connectivity index (χ0v) is 17.1. The minimum absolute atomic E-state index is 0.0905. The summed E-state index contributed by atoms with van der Waals surface area (Å²) in [6.45, 7) is 1.96. The fraction of sp³-hybridized carbons (Fsp3) is 0.0435. The van der Waals surface area contributed by atoms with Gasteiger partial charge < -0.3 is 10.6 Å². The normalized spacial score (nSPS) is 11.1. The second-order valence-electron chi connectivity index (χ2n) is 6.37. The molecular formula is C23H18Cl2N2O2. The molecule has 3 aromatic rings. The number of nitrogens with one attached hydrogen (secondary N) is 2. The van der Waals surface area contributed by atoms with Gasteiger partial charge in [0.1, 0.15) is 5.70 Å². The van der Waals surface area contributed by atoms with Gasteiger partial charge in [-0.25, -0.2) is 0 Å². The quantitative estimate of drug-likeness (QED) is 0.515. The number of rotatable bonds is 5. The van der Waals surface area contributed by atoms with Crippen LogP contribution in [-0.4, -0.2) is 11.8 Å². The molecule has 6 heteroatoms. The van der Waals surface area contributed by atoms with E-state index in [1.54, 1.807) is 24.3 Å². The minimum atomic E-state index is -0.507. The van der Waals surface area contributed by atoms with E-state index >= 15 is 0 Å². The lowest BCUT2D eigenvalue weighted by Gasteiger charge is -2.12. The largest absolute Gasteiger partial charge is 0.321 e. The predicted octanol–water partition coefficient (Wildman–Crippen LogP) is 5.71. The van der Waals surface area contributed by atoms with Gasteiger partial charge in [0.05, 0.1) is 10.6 Å². The highest BCUT2D eigenvalue weighted by molar-refractivity contribution is 6.36. The van der Waals surface area contributed by atoms with Crippen LogP contribution in [0.2, 0.25) is 10.0 Å². The van der Waals surface area contributed by atoms with Crippen LogP contribution in [0.3, 0.4) is 0 Å². The van der Waals surface area contributed by atoms with Gasteiger partial charge in [0.25, 0.3) is 11.8 Å². The third-order valence-corrected chi connectivity index (χ3v) is 4.64. The molecule has 4 nitrogen and oxygen atoms in total. The van der Waals surface area contributed by atoms with Crippen molar-refractivity contribution in [2.24, 2.45) is 0 Å². The first-order valence-corrected chi connectivity index (χ1v) is 9.59. The van der Waals surface area contributed by atoms with Crippen molar-refractivity contribution < 1.29 is 9.59 Å². The fourth-order valence-electron chi connectivity index (χ4n) is 2.57. The van der Waals surface area contributed by atoms with Gasteiger partial charge in [-0.1, -0.05) is 71.2 Å². The average Bonchev–Trinajstić information content (AvgIpc) is 2.70.